The zero-order valence-electron chi connectivity index (χ0n) is 10.8. The Morgan fingerprint density at radius 1 is 1.44 bits per heavy atom. The zero-order chi connectivity index (χ0) is 13.5. The second kappa shape index (κ2) is 7.20. The maximum atomic E-state index is 12.3. The molecule has 1 saturated heterocycles. The number of amides is 2. The minimum Gasteiger partial charge on any atom is -0.481 e. The van der Waals surface area contributed by atoms with Crippen molar-refractivity contribution in [3.05, 3.63) is 0 Å². The van der Waals surface area contributed by atoms with Crippen molar-refractivity contribution in [1.29, 1.82) is 0 Å². The Labute approximate surface area is 107 Å². The Kier molecular flexibility index (Phi) is 5.91. The average Bonchev–Trinajstić information content (AvgIpc) is 2.77. The highest BCUT2D eigenvalue weighted by Gasteiger charge is 2.32. The largest absolute Gasteiger partial charge is 0.481 e. The molecule has 1 aliphatic rings. The molecule has 0 saturated carbocycles. The van der Waals surface area contributed by atoms with E-state index in [0.717, 1.165) is 12.8 Å². The van der Waals surface area contributed by atoms with Gasteiger partial charge >= 0.3 is 12.0 Å². The summed E-state index contributed by atoms with van der Waals surface area (Å²) in [4.78, 5) is 26.3. The lowest BCUT2D eigenvalue weighted by atomic mass is 10.1. The number of carboxylic acids is 1. The summed E-state index contributed by atoms with van der Waals surface area (Å²) >= 11 is 0. The molecule has 0 spiro atoms. The highest BCUT2D eigenvalue weighted by Crippen LogP contribution is 2.21. The van der Waals surface area contributed by atoms with Crippen LogP contribution in [0.1, 0.15) is 32.6 Å². The number of rotatable bonds is 6. The molecule has 6 heteroatoms. The predicted octanol–water partition coefficient (Wildman–Crippen LogP) is 0.750. The first kappa shape index (κ1) is 14.8. The Bertz CT molecular complexity index is 296. The van der Waals surface area contributed by atoms with Crippen LogP contribution in [-0.4, -0.2) is 64.3 Å². The Hall–Kier alpha value is -1.30. The highest BCUT2D eigenvalue weighted by atomic mass is 16.4. The molecule has 6 nitrogen and oxygen atoms in total. The molecule has 0 radical (unpaired) electrons. The minimum atomic E-state index is -0.863. The van der Waals surface area contributed by atoms with Crippen molar-refractivity contribution in [2.24, 2.45) is 0 Å². The molecule has 1 rings (SSSR count). The number of carbonyl (C=O) groups excluding carboxylic acids is 1. The van der Waals surface area contributed by atoms with Gasteiger partial charge < -0.3 is 20.0 Å². The van der Waals surface area contributed by atoms with Gasteiger partial charge in [-0.15, -0.1) is 0 Å². The Balaban J connectivity index is 2.59. The average molecular weight is 258 g/mol. The molecule has 104 valence electrons. The third-order valence-electron chi connectivity index (χ3n) is 3.27. The standard InChI is InChI=1S/C12H22N2O4/c1-2-13(6-4-8-15)12(18)14-7-3-5-10(14)9-11(16)17/h10,15H,2-9H2,1H3,(H,16,17). The molecule has 1 atom stereocenters. The van der Waals surface area contributed by atoms with Crippen LogP contribution in [0.4, 0.5) is 4.79 Å². The molecular formula is C12H22N2O4. The second-order valence-corrected chi connectivity index (χ2v) is 4.53. The quantitative estimate of drug-likeness (QED) is 0.736. The van der Waals surface area contributed by atoms with Crippen molar-refractivity contribution >= 4 is 12.0 Å². The van der Waals surface area contributed by atoms with Gasteiger partial charge in [-0.3, -0.25) is 4.79 Å². The third kappa shape index (κ3) is 3.87. The van der Waals surface area contributed by atoms with Crippen molar-refractivity contribution in [1.82, 2.24) is 9.80 Å². The Morgan fingerprint density at radius 2 is 2.17 bits per heavy atom. The number of carboxylic acid groups (broad SMARTS) is 1. The molecule has 18 heavy (non-hydrogen) atoms. The summed E-state index contributed by atoms with van der Waals surface area (Å²) < 4.78 is 0. The normalized spacial score (nSPS) is 19.0. The van der Waals surface area contributed by atoms with Gasteiger partial charge in [-0.2, -0.15) is 0 Å². The van der Waals surface area contributed by atoms with Gasteiger partial charge in [-0.25, -0.2) is 4.79 Å². The van der Waals surface area contributed by atoms with Gasteiger partial charge in [0.1, 0.15) is 0 Å². The van der Waals surface area contributed by atoms with Crippen LogP contribution in [0.5, 0.6) is 0 Å². The number of likely N-dealkylation sites (tertiary alicyclic amines) is 1. The van der Waals surface area contributed by atoms with Crippen LogP contribution in [0, 0.1) is 0 Å². The lowest BCUT2D eigenvalue weighted by Crippen LogP contribution is -2.46. The maximum absolute atomic E-state index is 12.3. The summed E-state index contributed by atoms with van der Waals surface area (Å²) in [5.41, 5.74) is 0. The number of carbonyl (C=O) groups is 2. The first-order valence-electron chi connectivity index (χ1n) is 6.48. The lowest BCUT2D eigenvalue weighted by molar-refractivity contribution is -0.138. The summed E-state index contributed by atoms with van der Waals surface area (Å²) in [6.07, 6.45) is 2.19. The molecule has 2 N–H and O–H groups in total. The third-order valence-corrected chi connectivity index (χ3v) is 3.27. The number of hydrogen-bond acceptors (Lipinski definition) is 3. The van der Waals surface area contributed by atoms with Crippen LogP contribution in [0.15, 0.2) is 0 Å². The van der Waals surface area contributed by atoms with Gasteiger partial charge in [0.15, 0.2) is 0 Å². The van der Waals surface area contributed by atoms with Gasteiger partial charge in [-0.1, -0.05) is 0 Å². The number of aliphatic hydroxyl groups excluding tert-OH is 1. The van der Waals surface area contributed by atoms with Crippen LogP contribution in [0.25, 0.3) is 0 Å². The predicted molar refractivity (Wildman–Crippen MR) is 66.3 cm³/mol. The number of aliphatic hydroxyl groups is 1. The summed E-state index contributed by atoms with van der Waals surface area (Å²) in [7, 11) is 0. The molecule has 1 unspecified atom stereocenters. The SMILES string of the molecule is CCN(CCCO)C(=O)N1CCCC1CC(=O)O. The minimum absolute atomic E-state index is 0.0172. The van der Waals surface area contributed by atoms with Crippen molar-refractivity contribution in [2.75, 3.05) is 26.2 Å². The highest BCUT2D eigenvalue weighted by molar-refractivity contribution is 5.76. The van der Waals surface area contributed by atoms with Gasteiger partial charge in [-0.05, 0) is 26.2 Å². The van der Waals surface area contributed by atoms with Gasteiger partial charge in [0.05, 0.1) is 6.42 Å². The van der Waals surface area contributed by atoms with Crippen LogP contribution >= 0.6 is 0 Å². The monoisotopic (exact) mass is 258 g/mol. The maximum Gasteiger partial charge on any atom is 0.320 e. The molecule has 0 aromatic rings. The van der Waals surface area contributed by atoms with Crippen LogP contribution in [-0.2, 0) is 4.79 Å². The fourth-order valence-electron chi connectivity index (χ4n) is 2.33. The van der Waals surface area contributed by atoms with E-state index in [1.165, 1.54) is 0 Å². The van der Waals surface area contributed by atoms with Crippen molar-refractivity contribution in [2.45, 2.75) is 38.6 Å². The summed E-state index contributed by atoms with van der Waals surface area (Å²) in [6, 6.07) is -0.284. The first-order valence-corrected chi connectivity index (χ1v) is 6.48. The summed E-state index contributed by atoms with van der Waals surface area (Å²) in [5, 5.41) is 17.6. The van der Waals surface area contributed by atoms with Gasteiger partial charge in [0.2, 0.25) is 0 Å². The van der Waals surface area contributed by atoms with Crippen molar-refractivity contribution in [3.63, 3.8) is 0 Å². The molecule has 0 aliphatic carbocycles. The van der Waals surface area contributed by atoms with E-state index in [1.807, 2.05) is 6.92 Å². The van der Waals surface area contributed by atoms with E-state index >= 15 is 0 Å². The Morgan fingerprint density at radius 3 is 2.72 bits per heavy atom. The number of hydrogen-bond donors (Lipinski definition) is 2. The van der Waals surface area contributed by atoms with E-state index in [2.05, 4.69) is 0 Å². The number of urea groups is 1. The summed E-state index contributed by atoms with van der Waals surface area (Å²) in [5.74, 6) is -0.863. The molecular weight excluding hydrogens is 236 g/mol. The molecule has 0 aromatic carbocycles. The second-order valence-electron chi connectivity index (χ2n) is 4.53. The van der Waals surface area contributed by atoms with E-state index in [4.69, 9.17) is 10.2 Å². The van der Waals surface area contributed by atoms with Crippen molar-refractivity contribution < 1.29 is 19.8 Å². The molecule has 0 bridgehead atoms. The smallest absolute Gasteiger partial charge is 0.320 e. The first-order chi connectivity index (χ1) is 8.60. The molecule has 1 fully saturated rings. The van der Waals surface area contributed by atoms with E-state index < -0.39 is 5.97 Å². The molecule has 1 aliphatic heterocycles. The number of nitrogens with zero attached hydrogens (tertiary/aromatic N) is 2. The fourth-order valence-corrected chi connectivity index (χ4v) is 2.33. The van der Waals surface area contributed by atoms with E-state index in [-0.39, 0.29) is 25.1 Å². The van der Waals surface area contributed by atoms with Crippen LogP contribution < -0.4 is 0 Å². The number of aliphatic carboxylic acids is 1. The van der Waals surface area contributed by atoms with Gasteiger partial charge in [0, 0.05) is 32.3 Å². The van der Waals surface area contributed by atoms with Crippen LogP contribution in [0.2, 0.25) is 0 Å². The fraction of sp³-hybridized carbons (Fsp3) is 0.833. The molecule has 2 amide bonds. The molecule has 0 aromatic heterocycles. The summed E-state index contributed by atoms with van der Waals surface area (Å²) in [6.45, 7) is 3.67. The van der Waals surface area contributed by atoms with Gasteiger partial charge in [0.25, 0.3) is 0 Å². The van der Waals surface area contributed by atoms with E-state index in [9.17, 15) is 9.59 Å². The lowest BCUT2D eigenvalue weighted by Gasteiger charge is -2.30. The topological polar surface area (TPSA) is 81.1 Å². The van der Waals surface area contributed by atoms with E-state index in [0.29, 0.717) is 26.1 Å². The zero-order valence-corrected chi connectivity index (χ0v) is 10.8. The van der Waals surface area contributed by atoms with Crippen molar-refractivity contribution in [3.8, 4) is 0 Å². The van der Waals surface area contributed by atoms with E-state index in [1.54, 1.807) is 9.80 Å². The molecule has 1 heterocycles. The van der Waals surface area contributed by atoms with Crippen LogP contribution in [0.3, 0.4) is 0 Å².